The molecule has 2 heterocycles. The molecule has 0 unspecified atom stereocenters. The number of aromatic amines is 1. The number of nitrogens with zero attached hydrogens (tertiary/aromatic N) is 2. The second kappa shape index (κ2) is 12.4. The van der Waals surface area contributed by atoms with Crippen LogP contribution in [0.2, 0.25) is 0 Å². The van der Waals surface area contributed by atoms with Crippen molar-refractivity contribution in [2.75, 3.05) is 20.6 Å². The van der Waals surface area contributed by atoms with Crippen LogP contribution in [0, 0.1) is 6.92 Å². The summed E-state index contributed by atoms with van der Waals surface area (Å²) >= 11 is 0. The van der Waals surface area contributed by atoms with E-state index in [1.54, 1.807) is 6.92 Å². The van der Waals surface area contributed by atoms with Crippen LogP contribution in [-0.4, -0.2) is 85.3 Å². The number of nitrogens with one attached hydrogen (secondary N) is 1. The van der Waals surface area contributed by atoms with E-state index in [1.165, 1.54) is 33.3 Å². The van der Waals surface area contributed by atoms with E-state index in [0.29, 0.717) is 0 Å². The lowest BCUT2D eigenvalue weighted by atomic mass is 9.65. The molecule has 1 fully saturated rings. The zero-order chi connectivity index (χ0) is 32.4. The number of carboxylic acid groups (broad SMARTS) is 3. The first-order chi connectivity index (χ1) is 20.6. The number of benzene rings is 2. The molecule has 5 rings (SSSR count). The number of hydrogen-bond donors (Lipinski definition) is 5. The van der Waals surface area contributed by atoms with Gasteiger partial charge in [0.15, 0.2) is 5.60 Å². The van der Waals surface area contributed by atoms with Gasteiger partial charge < -0.3 is 30.3 Å². The fourth-order valence-corrected chi connectivity index (χ4v) is 7.10. The normalized spacial score (nSPS) is 21.5. The van der Waals surface area contributed by atoms with Gasteiger partial charge in [0.05, 0.1) is 18.4 Å². The molecular weight excluding hydrogens is 566 g/mol. The largest absolute Gasteiger partial charge is 0.481 e. The first-order valence-electron chi connectivity index (χ1n) is 14.7. The number of carbonyl (C=O) groups is 4. The van der Waals surface area contributed by atoms with Crippen LogP contribution >= 0.6 is 0 Å². The maximum atomic E-state index is 12.8. The lowest BCUT2D eigenvalue weighted by Crippen LogP contribution is -2.58. The number of rotatable bonds is 7. The number of aromatic nitrogens is 1. The molecule has 1 spiro atoms. The van der Waals surface area contributed by atoms with E-state index < -0.39 is 36.4 Å². The van der Waals surface area contributed by atoms with E-state index in [-0.39, 0.29) is 17.0 Å². The Balaban J connectivity index is 0.000000289. The molecule has 11 nitrogen and oxygen atoms in total. The fourth-order valence-electron chi connectivity index (χ4n) is 7.10. The van der Waals surface area contributed by atoms with E-state index in [9.17, 15) is 19.2 Å². The monoisotopic (exact) mass is 607 g/mol. The molecule has 2 aromatic carbocycles. The number of aliphatic carboxylic acids is 3. The number of carboxylic acids is 3. The average Bonchev–Trinajstić information content (AvgIpc) is 3.32. The highest BCUT2D eigenvalue weighted by Crippen LogP contribution is 2.53. The molecule has 44 heavy (non-hydrogen) atoms. The zero-order valence-electron chi connectivity index (χ0n) is 25.6. The Morgan fingerprint density at radius 1 is 0.932 bits per heavy atom. The third-order valence-corrected chi connectivity index (χ3v) is 9.37. The number of carbonyl (C=O) groups excluding carboxylic acids is 1. The molecular formula is C33H41N3O8. The van der Waals surface area contributed by atoms with Crippen molar-refractivity contribution in [3.05, 3.63) is 70.9 Å². The van der Waals surface area contributed by atoms with Crippen molar-refractivity contribution >= 4 is 34.7 Å². The summed E-state index contributed by atoms with van der Waals surface area (Å²) in [5, 5.41) is 35.1. The minimum Gasteiger partial charge on any atom is -0.481 e. The summed E-state index contributed by atoms with van der Waals surface area (Å²) < 4.78 is 0. The van der Waals surface area contributed by atoms with Crippen LogP contribution in [0.1, 0.15) is 67.8 Å². The van der Waals surface area contributed by atoms with Gasteiger partial charge in [-0.05, 0) is 76.4 Å². The van der Waals surface area contributed by atoms with Crippen LogP contribution in [0.25, 0.3) is 10.9 Å². The maximum absolute atomic E-state index is 12.8. The molecule has 1 saturated carbocycles. The number of aliphatic hydroxyl groups is 1. The Morgan fingerprint density at radius 3 is 2.02 bits per heavy atom. The van der Waals surface area contributed by atoms with Crippen LogP contribution in [0.15, 0.2) is 48.5 Å². The van der Waals surface area contributed by atoms with Crippen molar-refractivity contribution in [2.24, 2.45) is 0 Å². The van der Waals surface area contributed by atoms with Crippen molar-refractivity contribution in [2.45, 2.75) is 75.5 Å². The number of hydrogen-bond acceptors (Lipinski definition) is 6. The van der Waals surface area contributed by atoms with Gasteiger partial charge in [0, 0.05) is 35.6 Å². The van der Waals surface area contributed by atoms with E-state index in [0.717, 1.165) is 38.6 Å². The summed E-state index contributed by atoms with van der Waals surface area (Å²) in [6.07, 6.45) is 2.64. The molecule has 3 aromatic rings. The topological polar surface area (TPSA) is 171 Å². The Labute approximate surface area is 256 Å². The van der Waals surface area contributed by atoms with Gasteiger partial charge >= 0.3 is 17.9 Å². The average molecular weight is 608 g/mol. The first kappa shape index (κ1) is 32.7. The number of H-pyrrole nitrogens is 1. The number of fused-ring (bicyclic) bond motifs is 4. The predicted octanol–water partition coefficient (Wildman–Crippen LogP) is 3.86. The minimum absolute atomic E-state index is 0.00911. The standard InChI is InChI=1S/C27H33N3O.C6H8O7/c1-19-10-11-24-23(18-19)22-12-17-30(20(2)31)27(25(22)28-24)15-13-26(14-16-27,29(3)4)21-8-6-5-7-9-21;7-3(8)1-6(13,5(11)12)2-4(9)10/h5-11,18,28H,12-17H2,1-4H3;13H,1-2H2,(H,7,8)(H,9,10)(H,11,12). The fraction of sp³-hybridized carbons (Fsp3) is 0.455. The van der Waals surface area contributed by atoms with Crippen LogP contribution in [0.4, 0.5) is 0 Å². The summed E-state index contributed by atoms with van der Waals surface area (Å²) in [5.41, 5.74) is 3.62. The van der Waals surface area contributed by atoms with Crippen molar-refractivity contribution in [1.82, 2.24) is 14.8 Å². The van der Waals surface area contributed by atoms with E-state index in [2.05, 4.69) is 84.3 Å². The molecule has 5 N–H and O–H groups in total. The highest BCUT2D eigenvalue weighted by molar-refractivity contribution is 5.88. The van der Waals surface area contributed by atoms with Crippen molar-refractivity contribution in [1.29, 1.82) is 0 Å². The second-order valence-electron chi connectivity index (χ2n) is 12.2. The first-order valence-corrected chi connectivity index (χ1v) is 14.7. The van der Waals surface area contributed by atoms with E-state index in [1.807, 2.05) is 0 Å². The number of aryl methyl sites for hydroxylation is 1. The lowest BCUT2D eigenvalue weighted by molar-refractivity contribution is -0.170. The van der Waals surface area contributed by atoms with Gasteiger partial charge in [-0.15, -0.1) is 0 Å². The molecule has 236 valence electrons. The van der Waals surface area contributed by atoms with Crippen LogP contribution < -0.4 is 0 Å². The molecule has 0 saturated heterocycles. The quantitative estimate of drug-likeness (QED) is 0.267. The van der Waals surface area contributed by atoms with Crippen molar-refractivity contribution in [3.63, 3.8) is 0 Å². The van der Waals surface area contributed by atoms with Crippen molar-refractivity contribution in [3.8, 4) is 0 Å². The molecule has 1 aromatic heterocycles. The van der Waals surface area contributed by atoms with Gasteiger partial charge in [-0.1, -0.05) is 42.0 Å². The zero-order valence-corrected chi connectivity index (χ0v) is 25.6. The SMILES string of the molecule is CC(=O)N1CCc2c([nH]c3ccc(C)cc23)C12CCC(c1ccccc1)(N(C)C)CC2.O=C(O)CC(O)(CC(=O)O)C(=O)O. The van der Waals surface area contributed by atoms with Crippen LogP contribution in [0.3, 0.4) is 0 Å². The third-order valence-electron chi connectivity index (χ3n) is 9.37. The minimum atomic E-state index is -2.74. The third kappa shape index (κ3) is 6.07. The summed E-state index contributed by atoms with van der Waals surface area (Å²) in [6.45, 7) is 4.71. The summed E-state index contributed by atoms with van der Waals surface area (Å²) in [5.74, 6) is -4.83. The van der Waals surface area contributed by atoms with Gasteiger partial charge in [-0.2, -0.15) is 0 Å². The summed E-state index contributed by atoms with van der Waals surface area (Å²) in [6, 6.07) is 17.6. The van der Waals surface area contributed by atoms with Gasteiger partial charge in [-0.3, -0.25) is 19.3 Å². The molecule has 2 aliphatic rings. The van der Waals surface area contributed by atoms with Crippen LogP contribution in [0.5, 0.6) is 0 Å². The molecule has 0 atom stereocenters. The summed E-state index contributed by atoms with van der Waals surface area (Å²) in [4.78, 5) is 51.6. The smallest absolute Gasteiger partial charge is 0.336 e. The molecule has 0 radical (unpaired) electrons. The van der Waals surface area contributed by atoms with E-state index in [4.69, 9.17) is 20.4 Å². The second-order valence-corrected chi connectivity index (χ2v) is 12.2. The lowest BCUT2D eigenvalue weighted by Gasteiger charge is -2.55. The Bertz CT molecular complexity index is 1540. The van der Waals surface area contributed by atoms with Gasteiger partial charge in [0.1, 0.15) is 0 Å². The highest BCUT2D eigenvalue weighted by atomic mass is 16.4. The van der Waals surface area contributed by atoms with Gasteiger partial charge in [0.2, 0.25) is 5.91 Å². The maximum Gasteiger partial charge on any atom is 0.336 e. The van der Waals surface area contributed by atoms with Crippen molar-refractivity contribution < 1.29 is 39.6 Å². The Morgan fingerprint density at radius 2 is 1.52 bits per heavy atom. The highest BCUT2D eigenvalue weighted by Gasteiger charge is 2.52. The molecule has 11 heteroatoms. The molecule has 0 bridgehead atoms. The summed E-state index contributed by atoms with van der Waals surface area (Å²) in [7, 11) is 4.40. The predicted molar refractivity (Wildman–Crippen MR) is 163 cm³/mol. The van der Waals surface area contributed by atoms with E-state index >= 15 is 0 Å². The molecule has 1 aliphatic heterocycles. The van der Waals surface area contributed by atoms with Gasteiger partial charge in [0.25, 0.3) is 0 Å². The number of amides is 1. The molecule has 1 aliphatic carbocycles. The Hall–Kier alpha value is -4.22. The van der Waals surface area contributed by atoms with Gasteiger partial charge in [-0.25, -0.2) is 4.79 Å². The molecule has 1 amide bonds. The Kier molecular flexibility index (Phi) is 9.22. The van der Waals surface area contributed by atoms with Crippen LogP contribution in [-0.2, 0) is 36.7 Å².